The standard InChI is InChI=1S/C9H6N4O4/c10-8-7(13(16)17)4-6(12(14)15)5-2-1-3-11-9(5)8/h1-4H,10H2. The average Bonchev–Trinajstić information content (AvgIpc) is 2.29. The van der Waals surface area contributed by atoms with Gasteiger partial charge in [-0.1, -0.05) is 0 Å². The molecule has 0 bridgehead atoms. The molecule has 0 atom stereocenters. The predicted molar refractivity (Wildman–Crippen MR) is 59.5 cm³/mol. The lowest BCUT2D eigenvalue weighted by atomic mass is 10.1. The Morgan fingerprint density at radius 2 is 1.82 bits per heavy atom. The Morgan fingerprint density at radius 1 is 1.18 bits per heavy atom. The van der Waals surface area contributed by atoms with Gasteiger partial charge in [0.25, 0.3) is 5.69 Å². The second-order valence-corrected chi connectivity index (χ2v) is 3.24. The topological polar surface area (TPSA) is 125 Å². The number of non-ortho nitro benzene ring substituents is 1. The van der Waals surface area contributed by atoms with Gasteiger partial charge < -0.3 is 5.73 Å². The van der Waals surface area contributed by atoms with Crippen LogP contribution in [-0.4, -0.2) is 14.8 Å². The highest BCUT2D eigenvalue weighted by Gasteiger charge is 2.24. The third-order valence-corrected chi connectivity index (χ3v) is 2.28. The van der Waals surface area contributed by atoms with E-state index in [4.69, 9.17) is 5.73 Å². The first-order valence-corrected chi connectivity index (χ1v) is 4.48. The van der Waals surface area contributed by atoms with E-state index in [0.717, 1.165) is 6.07 Å². The van der Waals surface area contributed by atoms with Gasteiger partial charge in [0, 0.05) is 6.20 Å². The van der Waals surface area contributed by atoms with E-state index in [-0.39, 0.29) is 22.3 Å². The fourth-order valence-corrected chi connectivity index (χ4v) is 1.54. The number of rotatable bonds is 2. The van der Waals surface area contributed by atoms with Gasteiger partial charge in [0.05, 0.1) is 21.3 Å². The maximum atomic E-state index is 10.8. The van der Waals surface area contributed by atoms with E-state index in [1.807, 2.05) is 0 Å². The molecule has 0 unspecified atom stereocenters. The Bertz CT molecular complexity index is 640. The molecule has 0 saturated heterocycles. The summed E-state index contributed by atoms with van der Waals surface area (Å²) in [5.41, 5.74) is 4.56. The molecule has 1 aromatic carbocycles. The van der Waals surface area contributed by atoms with Crippen LogP contribution in [0.15, 0.2) is 24.4 Å². The zero-order valence-corrected chi connectivity index (χ0v) is 8.36. The number of benzene rings is 1. The molecule has 8 heteroatoms. The van der Waals surface area contributed by atoms with E-state index in [0.29, 0.717) is 0 Å². The lowest BCUT2D eigenvalue weighted by molar-refractivity contribution is -0.392. The number of nitrogen functional groups attached to an aromatic ring is 1. The summed E-state index contributed by atoms with van der Waals surface area (Å²) in [5.74, 6) is 0. The van der Waals surface area contributed by atoms with Crippen molar-refractivity contribution in [3.8, 4) is 0 Å². The summed E-state index contributed by atoms with van der Waals surface area (Å²) in [6.45, 7) is 0. The summed E-state index contributed by atoms with van der Waals surface area (Å²) in [4.78, 5) is 23.9. The lowest BCUT2D eigenvalue weighted by Gasteiger charge is -2.02. The quantitative estimate of drug-likeness (QED) is 0.478. The molecule has 2 rings (SSSR count). The van der Waals surface area contributed by atoms with Crippen LogP contribution < -0.4 is 5.73 Å². The van der Waals surface area contributed by atoms with E-state index >= 15 is 0 Å². The number of pyridine rings is 1. The number of nitrogens with zero attached hydrogens (tertiary/aromatic N) is 3. The molecule has 1 aromatic heterocycles. The maximum absolute atomic E-state index is 10.8. The van der Waals surface area contributed by atoms with Crippen molar-refractivity contribution in [1.82, 2.24) is 4.98 Å². The number of nitro groups is 2. The van der Waals surface area contributed by atoms with Gasteiger partial charge in [-0.2, -0.15) is 0 Å². The molecule has 8 nitrogen and oxygen atoms in total. The minimum atomic E-state index is -0.767. The van der Waals surface area contributed by atoms with E-state index in [2.05, 4.69) is 4.98 Å². The molecule has 0 radical (unpaired) electrons. The monoisotopic (exact) mass is 234 g/mol. The van der Waals surface area contributed by atoms with Crippen molar-refractivity contribution in [2.75, 3.05) is 5.73 Å². The smallest absolute Gasteiger partial charge is 0.301 e. The zero-order valence-electron chi connectivity index (χ0n) is 8.36. The van der Waals surface area contributed by atoms with Gasteiger partial charge in [0.1, 0.15) is 11.2 Å². The molecule has 2 N–H and O–H groups in total. The molecule has 0 fully saturated rings. The van der Waals surface area contributed by atoms with Crippen molar-refractivity contribution in [3.63, 3.8) is 0 Å². The summed E-state index contributed by atoms with van der Waals surface area (Å²) in [7, 11) is 0. The van der Waals surface area contributed by atoms with Gasteiger partial charge in [-0.15, -0.1) is 0 Å². The summed E-state index contributed by atoms with van der Waals surface area (Å²) in [6, 6.07) is 3.79. The van der Waals surface area contributed by atoms with Crippen LogP contribution in [-0.2, 0) is 0 Å². The van der Waals surface area contributed by atoms with Crippen LogP contribution in [0.4, 0.5) is 17.1 Å². The van der Waals surface area contributed by atoms with Crippen LogP contribution in [0.5, 0.6) is 0 Å². The number of fused-ring (bicyclic) bond motifs is 1. The number of aromatic nitrogens is 1. The summed E-state index contributed by atoms with van der Waals surface area (Å²) >= 11 is 0. The molecule has 0 aliphatic rings. The molecule has 0 aliphatic carbocycles. The molecule has 0 spiro atoms. The largest absolute Gasteiger partial charge is 0.391 e. The summed E-state index contributed by atoms with van der Waals surface area (Å²) < 4.78 is 0. The number of hydrogen-bond acceptors (Lipinski definition) is 6. The van der Waals surface area contributed by atoms with Crippen LogP contribution in [0.3, 0.4) is 0 Å². The molecule has 86 valence electrons. The minimum absolute atomic E-state index is 0.0633. The van der Waals surface area contributed by atoms with Crippen LogP contribution >= 0.6 is 0 Å². The van der Waals surface area contributed by atoms with E-state index in [1.165, 1.54) is 18.3 Å². The van der Waals surface area contributed by atoms with Crippen molar-refractivity contribution in [2.24, 2.45) is 0 Å². The third kappa shape index (κ3) is 1.61. The Balaban J connectivity index is 2.94. The number of nitrogens with two attached hydrogens (primary N) is 1. The SMILES string of the molecule is Nc1c([N+](=O)[O-])cc([N+](=O)[O-])c2cccnc12. The normalized spacial score (nSPS) is 10.4. The van der Waals surface area contributed by atoms with Crippen molar-refractivity contribution in [3.05, 3.63) is 44.6 Å². The Morgan fingerprint density at radius 3 is 2.41 bits per heavy atom. The van der Waals surface area contributed by atoms with Crippen molar-refractivity contribution in [2.45, 2.75) is 0 Å². The molecule has 2 aromatic rings. The van der Waals surface area contributed by atoms with E-state index in [1.54, 1.807) is 0 Å². The minimum Gasteiger partial charge on any atom is -0.391 e. The average molecular weight is 234 g/mol. The van der Waals surface area contributed by atoms with Gasteiger partial charge >= 0.3 is 5.69 Å². The van der Waals surface area contributed by atoms with Gasteiger partial charge in [-0.25, -0.2) is 0 Å². The summed E-state index contributed by atoms with van der Waals surface area (Å²) in [6.07, 6.45) is 1.37. The Kier molecular flexibility index (Phi) is 2.32. The van der Waals surface area contributed by atoms with Crippen molar-refractivity contribution in [1.29, 1.82) is 0 Å². The molecular formula is C9H6N4O4. The molecule has 0 saturated carbocycles. The fourth-order valence-electron chi connectivity index (χ4n) is 1.54. The van der Waals surface area contributed by atoms with Crippen molar-refractivity contribution < 1.29 is 9.85 Å². The number of hydrogen-bond donors (Lipinski definition) is 1. The van der Waals surface area contributed by atoms with Crippen LogP contribution in [0.1, 0.15) is 0 Å². The zero-order chi connectivity index (χ0) is 12.6. The van der Waals surface area contributed by atoms with Crippen LogP contribution in [0, 0.1) is 20.2 Å². The first kappa shape index (κ1) is 10.7. The second kappa shape index (κ2) is 3.67. The molecule has 0 amide bonds. The van der Waals surface area contributed by atoms with E-state index in [9.17, 15) is 20.2 Å². The Hall–Kier alpha value is -2.77. The van der Waals surface area contributed by atoms with E-state index < -0.39 is 15.5 Å². The fraction of sp³-hybridized carbons (Fsp3) is 0. The maximum Gasteiger partial charge on any atom is 0.301 e. The van der Waals surface area contributed by atoms with Crippen molar-refractivity contribution >= 4 is 28.0 Å². The van der Waals surface area contributed by atoms with Gasteiger partial charge in [0.2, 0.25) is 0 Å². The molecule has 0 aliphatic heterocycles. The second-order valence-electron chi connectivity index (χ2n) is 3.24. The third-order valence-electron chi connectivity index (χ3n) is 2.28. The first-order chi connectivity index (χ1) is 8.02. The van der Waals surface area contributed by atoms with Crippen LogP contribution in [0.25, 0.3) is 10.9 Å². The molecule has 1 heterocycles. The highest BCUT2D eigenvalue weighted by Crippen LogP contribution is 2.35. The van der Waals surface area contributed by atoms with Gasteiger partial charge in [0.15, 0.2) is 0 Å². The lowest BCUT2D eigenvalue weighted by Crippen LogP contribution is -2.00. The highest BCUT2D eigenvalue weighted by molar-refractivity contribution is 6.00. The highest BCUT2D eigenvalue weighted by atomic mass is 16.6. The molecule has 17 heavy (non-hydrogen) atoms. The Labute approximate surface area is 94.0 Å². The summed E-state index contributed by atoms with van der Waals surface area (Å²) in [5, 5.41) is 21.7. The molecular weight excluding hydrogens is 228 g/mol. The van der Waals surface area contributed by atoms with Crippen LogP contribution in [0.2, 0.25) is 0 Å². The predicted octanol–water partition coefficient (Wildman–Crippen LogP) is 1.63. The first-order valence-electron chi connectivity index (χ1n) is 4.48. The van der Waals surface area contributed by atoms with Gasteiger partial charge in [-0.3, -0.25) is 25.2 Å². The number of anilines is 1. The van der Waals surface area contributed by atoms with Gasteiger partial charge in [-0.05, 0) is 12.1 Å². The number of nitro benzene ring substituents is 2.